The zero-order valence-corrected chi connectivity index (χ0v) is 12.9. The number of hydrogen-bond acceptors (Lipinski definition) is 2. The number of rotatable bonds is 5. The minimum Gasteiger partial charge on any atom is -0.508 e. The standard InChI is InChI=1S/C17H15F6NO/c18-16(19,20)13-5-6-14(17(21,22)23)11(9-13)7-8-24-10-12-3-1-2-4-15(12)25/h1-6,9,24-25H,7-8,10H2. The highest BCUT2D eigenvalue weighted by Crippen LogP contribution is 2.36. The quantitative estimate of drug-likeness (QED) is 0.593. The van der Waals surface area contributed by atoms with Crippen molar-refractivity contribution in [1.29, 1.82) is 0 Å². The number of phenolic OH excluding ortho intramolecular Hbond substituents is 1. The van der Waals surface area contributed by atoms with Gasteiger partial charge in [-0.05, 0) is 42.8 Å². The molecule has 0 amide bonds. The lowest BCUT2D eigenvalue weighted by atomic mass is 10.0. The van der Waals surface area contributed by atoms with Gasteiger partial charge in [-0.2, -0.15) is 26.3 Å². The van der Waals surface area contributed by atoms with Crippen LogP contribution in [-0.2, 0) is 25.3 Å². The number of para-hydroxylation sites is 1. The molecule has 0 aliphatic rings. The normalized spacial score (nSPS) is 12.4. The van der Waals surface area contributed by atoms with Crippen LogP contribution in [0.2, 0.25) is 0 Å². The first-order valence-electron chi connectivity index (χ1n) is 7.34. The lowest BCUT2D eigenvalue weighted by Gasteiger charge is -2.16. The second-order valence-electron chi connectivity index (χ2n) is 5.42. The Morgan fingerprint density at radius 3 is 2.12 bits per heavy atom. The summed E-state index contributed by atoms with van der Waals surface area (Å²) in [6, 6.07) is 7.83. The number of hydrogen-bond donors (Lipinski definition) is 2. The SMILES string of the molecule is Oc1ccccc1CNCCc1cc(C(F)(F)F)ccc1C(F)(F)F. The van der Waals surface area contributed by atoms with E-state index in [0.29, 0.717) is 23.8 Å². The van der Waals surface area contributed by atoms with E-state index < -0.39 is 29.0 Å². The third kappa shape index (κ3) is 5.12. The molecule has 0 saturated heterocycles. The predicted octanol–water partition coefficient (Wildman–Crippen LogP) is 4.76. The van der Waals surface area contributed by atoms with Crippen molar-refractivity contribution < 1.29 is 31.4 Å². The fourth-order valence-electron chi connectivity index (χ4n) is 2.36. The van der Waals surface area contributed by atoms with Gasteiger partial charge in [-0.15, -0.1) is 0 Å². The van der Waals surface area contributed by atoms with Crippen LogP contribution in [0.3, 0.4) is 0 Å². The summed E-state index contributed by atoms with van der Waals surface area (Å²) >= 11 is 0. The summed E-state index contributed by atoms with van der Waals surface area (Å²) < 4.78 is 77.1. The van der Waals surface area contributed by atoms with E-state index >= 15 is 0 Å². The molecule has 2 N–H and O–H groups in total. The fourth-order valence-corrected chi connectivity index (χ4v) is 2.36. The number of phenols is 1. The van der Waals surface area contributed by atoms with Gasteiger partial charge in [-0.25, -0.2) is 0 Å². The average molecular weight is 363 g/mol. The highest BCUT2D eigenvalue weighted by Gasteiger charge is 2.36. The Kier molecular flexibility index (Phi) is 5.62. The Morgan fingerprint density at radius 1 is 0.840 bits per heavy atom. The Labute approximate surface area is 140 Å². The number of halogens is 6. The molecule has 2 rings (SSSR count). The Balaban J connectivity index is 2.10. The topological polar surface area (TPSA) is 32.3 Å². The van der Waals surface area contributed by atoms with Gasteiger partial charge >= 0.3 is 12.4 Å². The average Bonchev–Trinajstić information content (AvgIpc) is 2.51. The van der Waals surface area contributed by atoms with Gasteiger partial charge in [0.2, 0.25) is 0 Å². The number of alkyl halides is 6. The van der Waals surface area contributed by atoms with Crippen molar-refractivity contribution in [3.63, 3.8) is 0 Å². The van der Waals surface area contributed by atoms with Crippen LogP contribution in [0.5, 0.6) is 5.75 Å². The number of aromatic hydroxyl groups is 1. The molecule has 0 aliphatic heterocycles. The van der Waals surface area contributed by atoms with Crippen LogP contribution in [0.25, 0.3) is 0 Å². The predicted molar refractivity (Wildman–Crippen MR) is 80.0 cm³/mol. The van der Waals surface area contributed by atoms with E-state index in [1.54, 1.807) is 18.2 Å². The van der Waals surface area contributed by atoms with E-state index in [9.17, 15) is 31.4 Å². The molecule has 136 valence electrons. The van der Waals surface area contributed by atoms with Gasteiger partial charge in [0.1, 0.15) is 5.75 Å². The summed E-state index contributed by atoms with van der Waals surface area (Å²) in [5.74, 6) is 0.0325. The van der Waals surface area contributed by atoms with Crippen LogP contribution in [0, 0.1) is 0 Å². The van der Waals surface area contributed by atoms with Crippen molar-refractivity contribution in [2.75, 3.05) is 6.54 Å². The summed E-state index contributed by atoms with van der Waals surface area (Å²) in [7, 11) is 0. The minimum atomic E-state index is -4.73. The second-order valence-corrected chi connectivity index (χ2v) is 5.42. The lowest BCUT2D eigenvalue weighted by Crippen LogP contribution is -2.19. The first kappa shape index (κ1) is 19.1. The molecule has 2 nitrogen and oxygen atoms in total. The van der Waals surface area contributed by atoms with Gasteiger partial charge in [0.15, 0.2) is 0 Å². The molecule has 2 aromatic rings. The van der Waals surface area contributed by atoms with Gasteiger partial charge < -0.3 is 10.4 Å². The van der Waals surface area contributed by atoms with E-state index in [-0.39, 0.29) is 25.3 Å². The fraction of sp³-hybridized carbons (Fsp3) is 0.294. The van der Waals surface area contributed by atoms with Gasteiger partial charge in [0.05, 0.1) is 11.1 Å². The summed E-state index contributed by atoms with van der Waals surface area (Å²) in [6.07, 6.45) is -9.66. The van der Waals surface area contributed by atoms with Crippen LogP contribution in [0.1, 0.15) is 22.3 Å². The third-order valence-corrected chi connectivity index (χ3v) is 3.62. The smallest absolute Gasteiger partial charge is 0.416 e. The molecule has 0 unspecified atom stereocenters. The van der Waals surface area contributed by atoms with Crippen LogP contribution < -0.4 is 5.32 Å². The van der Waals surface area contributed by atoms with Crippen LogP contribution >= 0.6 is 0 Å². The van der Waals surface area contributed by atoms with E-state index in [1.165, 1.54) is 6.07 Å². The Bertz CT molecular complexity index is 724. The lowest BCUT2D eigenvalue weighted by molar-refractivity contribution is -0.141. The molecule has 0 bridgehead atoms. The van der Waals surface area contributed by atoms with Gasteiger partial charge in [0.25, 0.3) is 0 Å². The highest BCUT2D eigenvalue weighted by molar-refractivity contribution is 5.36. The largest absolute Gasteiger partial charge is 0.508 e. The van der Waals surface area contributed by atoms with E-state index in [1.807, 2.05) is 0 Å². The zero-order valence-electron chi connectivity index (χ0n) is 12.9. The molecule has 0 aliphatic carbocycles. The number of benzene rings is 2. The molecule has 0 heterocycles. The molecule has 8 heteroatoms. The molecule has 0 fully saturated rings. The monoisotopic (exact) mass is 363 g/mol. The van der Waals surface area contributed by atoms with E-state index in [2.05, 4.69) is 5.32 Å². The molecular formula is C17H15F6NO. The van der Waals surface area contributed by atoms with Crippen molar-refractivity contribution in [3.05, 3.63) is 64.7 Å². The van der Waals surface area contributed by atoms with Crippen molar-refractivity contribution >= 4 is 0 Å². The van der Waals surface area contributed by atoms with Crippen LogP contribution in [0.4, 0.5) is 26.3 Å². The first-order chi connectivity index (χ1) is 11.6. The van der Waals surface area contributed by atoms with E-state index in [4.69, 9.17) is 0 Å². The highest BCUT2D eigenvalue weighted by atomic mass is 19.4. The molecule has 0 atom stereocenters. The van der Waals surface area contributed by atoms with E-state index in [0.717, 1.165) is 0 Å². The van der Waals surface area contributed by atoms with Crippen molar-refractivity contribution in [1.82, 2.24) is 5.32 Å². The summed E-state index contributed by atoms with van der Waals surface area (Å²) in [5, 5.41) is 12.4. The maximum atomic E-state index is 13.0. The van der Waals surface area contributed by atoms with Crippen molar-refractivity contribution in [2.24, 2.45) is 0 Å². The molecule has 0 radical (unpaired) electrons. The van der Waals surface area contributed by atoms with Crippen LogP contribution in [-0.4, -0.2) is 11.7 Å². The second kappa shape index (κ2) is 7.35. The van der Waals surface area contributed by atoms with Crippen LogP contribution in [0.15, 0.2) is 42.5 Å². The van der Waals surface area contributed by atoms with Gasteiger partial charge in [-0.1, -0.05) is 18.2 Å². The minimum absolute atomic E-state index is 0.0265. The third-order valence-electron chi connectivity index (χ3n) is 3.62. The molecular weight excluding hydrogens is 348 g/mol. The number of nitrogens with one attached hydrogen (secondary N) is 1. The zero-order chi connectivity index (χ0) is 18.7. The molecule has 0 saturated carbocycles. The molecule has 0 aromatic heterocycles. The molecule has 2 aromatic carbocycles. The maximum absolute atomic E-state index is 13.0. The summed E-state index contributed by atoms with van der Waals surface area (Å²) in [4.78, 5) is 0. The van der Waals surface area contributed by atoms with Crippen molar-refractivity contribution in [3.8, 4) is 5.75 Å². The first-order valence-corrected chi connectivity index (χ1v) is 7.34. The molecule has 0 spiro atoms. The van der Waals surface area contributed by atoms with Crippen molar-refractivity contribution in [2.45, 2.75) is 25.3 Å². The van der Waals surface area contributed by atoms with Gasteiger partial charge in [-0.3, -0.25) is 0 Å². The summed E-state index contributed by atoms with van der Waals surface area (Å²) in [6.45, 7) is 0.214. The molecule has 25 heavy (non-hydrogen) atoms. The van der Waals surface area contributed by atoms with Gasteiger partial charge in [0, 0.05) is 12.1 Å². The maximum Gasteiger partial charge on any atom is 0.416 e. The Morgan fingerprint density at radius 2 is 1.52 bits per heavy atom. The Hall–Kier alpha value is -2.22. The summed E-state index contributed by atoms with van der Waals surface area (Å²) in [5.41, 5.74) is -2.07.